The van der Waals surface area contributed by atoms with Gasteiger partial charge in [0.15, 0.2) is 0 Å². The number of rotatable bonds is 0. The van der Waals surface area contributed by atoms with Crippen LogP contribution in [0.25, 0.3) is 0 Å². The number of hydrogen-bond acceptors (Lipinski definition) is 1. The summed E-state index contributed by atoms with van der Waals surface area (Å²) in [5.74, 6) is 0. The molecule has 0 rings (SSSR count). The monoisotopic (exact) mass is 199 g/mol. The van der Waals surface area contributed by atoms with Gasteiger partial charge in [0.1, 0.15) is 0 Å². The summed E-state index contributed by atoms with van der Waals surface area (Å²) >= 11 is 0. The van der Waals surface area contributed by atoms with E-state index in [9.17, 15) is 0 Å². The first-order valence-electron chi connectivity index (χ1n) is 1.79. The van der Waals surface area contributed by atoms with E-state index in [-0.39, 0.29) is 38.3 Å². The van der Waals surface area contributed by atoms with Gasteiger partial charge in [0.25, 0.3) is 0 Å². The first-order valence-corrected chi connectivity index (χ1v) is 1.79. The molecule has 0 atom stereocenters. The molecular formula is C4H25NO7. The minimum atomic E-state index is 0. The predicted octanol–water partition coefficient (Wildman–Crippen LogP) is -4.80. The fraction of sp³-hybridized carbons (Fsp3) is 1.00. The van der Waals surface area contributed by atoms with E-state index in [1.807, 2.05) is 0 Å². The van der Waals surface area contributed by atoms with Crippen molar-refractivity contribution >= 4 is 0 Å². The van der Waals surface area contributed by atoms with Gasteiger partial charge in [-0.05, 0) is 0 Å². The molecule has 0 saturated heterocycles. The highest BCUT2D eigenvalue weighted by molar-refractivity contribution is 3.87. The third-order valence-electron chi connectivity index (χ3n) is 0. The van der Waals surface area contributed by atoms with Crippen LogP contribution in [0.2, 0.25) is 0 Å². The Labute approximate surface area is 72.2 Å². The van der Waals surface area contributed by atoms with Crippen molar-refractivity contribution in [1.29, 1.82) is 0 Å². The Bertz CT molecular complexity index is 30.9. The van der Waals surface area contributed by atoms with Gasteiger partial charge in [0.05, 0.1) is 28.2 Å². The fourth-order valence-corrected chi connectivity index (χ4v) is 0. The van der Waals surface area contributed by atoms with Crippen LogP contribution in [0.5, 0.6) is 0 Å². The first-order chi connectivity index (χ1) is 2.00. The molecule has 12 heavy (non-hydrogen) atoms. The molecule has 0 aliphatic rings. The second-order valence-corrected chi connectivity index (χ2v) is 2.68. The number of hydrogen-bond donors (Lipinski definition) is 0. The van der Waals surface area contributed by atoms with Crippen LogP contribution in [0.4, 0.5) is 0 Å². The summed E-state index contributed by atoms with van der Waals surface area (Å²) in [5, 5.41) is 0. The molecule has 0 aromatic rings. The van der Waals surface area contributed by atoms with Gasteiger partial charge < -0.3 is 42.8 Å². The van der Waals surface area contributed by atoms with Crippen molar-refractivity contribution in [2.75, 3.05) is 28.2 Å². The SMILES string of the molecule is C[N+](C)(C)C.O.O.O.O.O.O.[OH-]. The summed E-state index contributed by atoms with van der Waals surface area (Å²) < 4.78 is 1.00. The first kappa shape index (κ1) is 98.4. The van der Waals surface area contributed by atoms with Crippen LogP contribution in [0.3, 0.4) is 0 Å². The zero-order chi connectivity index (χ0) is 4.50. The minimum absolute atomic E-state index is 0. The van der Waals surface area contributed by atoms with E-state index in [0.29, 0.717) is 0 Å². The van der Waals surface area contributed by atoms with Crippen LogP contribution in [0.15, 0.2) is 0 Å². The summed E-state index contributed by atoms with van der Waals surface area (Å²) in [7, 11) is 8.50. The molecule has 0 aromatic heterocycles. The minimum Gasteiger partial charge on any atom is -0.870 e. The van der Waals surface area contributed by atoms with E-state index in [1.54, 1.807) is 0 Å². The Morgan fingerprint density at radius 1 is 0.500 bits per heavy atom. The second-order valence-electron chi connectivity index (χ2n) is 2.68. The lowest BCUT2D eigenvalue weighted by atomic mass is 10.8. The normalized spacial score (nSPS) is 5.00. The summed E-state index contributed by atoms with van der Waals surface area (Å²) in [6.07, 6.45) is 0. The maximum Gasteiger partial charge on any atom is 0.0675 e. The molecule has 0 spiro atoms. The third-order valence-corrected chi connectivity index (χ3v) is 0. The van der Waals surface area contributed by atoms with Crippen LogP contribution >= 0.6 is 0 Å². The van der Waals surface area contributed by atoms with E-state index in [1.165, 1.54) is 0 Å². The van der Waals surface area contributed by atoms with Gasteiger partial charge in [-0.3, -0.25) is 0 Å². The lowest BCUT2D eigenvalue weighted by molar-refractivity contribution is -0.849. The largest absolute Gasteiger partial charge is 0.870 e. The second kappa shape index (κ2) is 31.0. The van der Waals surface area contributed by atoms with E-state index >= 15 is 0 Å². The van der Waals surface area contributed by atoms with Gasteiger partial charge in [-0.25, -0.2) is 0 Å². The van der Waals surface area contributed by atoms with Crippen molar-refractivity contribution in [3.63, 3.8) is 0 Å². The van der Waals surface area contributed by atoms with Crippen molar-refractivity contribution in [1.82, 2.24) is 0 Å². The Morgan fingerprint density at radius 3 is 0.500 bits per heavy atom. The summed E-state index contributed by atoms with van der Waals surface area (Å²) in [5.41, 5.74) is 0. The maximum atomic E-state index is 2.12. The molecule has 0 saturated carbocycles. The number of quaternary nitrogens is 1. The molecule has 0 bridgehead atoms. The van der Waals surface area contributed by atoms with Crippen molar-refractivity contribution < 1.29 is 42.8 Å². The smallest absolute Gasteiger partial charge is 0.0675 e. The predicted molar refractivity (Wildman–Crippen MR) is 47.6 cm³/mol. The lowest BCUT2D eigenvalue weighted by Gasteiger charge is -2.14. The molecule has 88 valence electrons. The summed E-state index contributed by atoms with van der Waals surface area (Å²) in [6, 6.07) is 0. The van der Waals surface area contributed by atoms with Crippen LogP contribution in [0, 0.1) is 0 Å². The fourth-order valence-electron chi connectivity index (χ4n) is 0. The topological polar surface area (TPSA) is 219 Å². The molecule has 0 radical (unpaired) electrons. The summed E-state index contributed by atoms with van der Waals surface area (Å²) in [4.78, 5) is 0. The van der Waals surface area contributed by atoms with Crippen LogP contribution in [-0.2, 0) is 0 Å². The van der Waals surface area contributed by atoms with Crippen LogP contribution in [0.1, 0.15) is 0 Å². The lowest BCUT2D eigenvalue weighted by Crippen LogP contribution is -2.27. The van der Waals surface area contributed by atoms with Gasteiger partial charge in [-0.1, -0.05) is 0 Å². The number of nitrogens with zero attached hydrogens (tertiary/aromatic N) is 1. The molecule has 13 N–H and O–H groups in total. The quantitative estimate of drug-likeness (QED) is 0.344. The van der Waals surface area contributed by atoms with Crippen molar-refractivity contribution in [2.45, 2.75) is 0 Å². The Morgan fingerprint density at radius 2 is 0.500 bits per heavy atom. The van der Waals surface area contributed by atoms with E-state index < -0.39 is 0 Å². The zero-order valence-corrected chi connectivity index (χ0v) is 7.89. The zero-order valence-electron chi connectivity index (χ0n) is 7.89. The van der Waals surface area contributed by atoms with Crippen molar-refractivity contribution in [2.24, 2.45) is 0 Å². The standard InChI is InChI=1S/C4H12N.7H2O/c1-5(2,3)4;;;;;;;/h1-4H3;7*1H2/q+1;;;;;;;/p-1. The molecule has 8 nitrogen and oxygen atoms in total. The van der Waals surface area contributed by atoms with Gasteiger partial charge in [0.2, 0.25) is 0 Å². The van der Waals surface area contributed by atoms with E-state index in [4.69, 9.17) is 0 Å². The average molecular weight is 199 g/mol. The molecule has 0 heterocycles. The summed E-state index contributed by atoms with van der Waals surface area (Å²) in [6.45, 7) is 0. The third kappa shape index (κ3) is 7120. The Kier molecular flexibility index (Phi) is 254. The van der Waals surface area contributed by atoms with Crippen molar-refractivity contribution in [3.8, 4) is 0 Å². The van der Waals surface area contributed by atoms with E-state index in [0.717, 1.165) is 4.48 Å². The van der Waals surface area contributed by atoms with Crippen LogP contribution in [-0.4, -0.2) is 71.0 Å². The van der Waals surface area contributed by atoms with Crippen LogP contribution < -0.4 is 0 Å². The van der Waals surface area contributed by atoms with Gasteiger partial charge in [-0.2, -0.15) is 0 Å². The molecule has 8 heteroatoms. The Hall–Kier alpha value is -0.320. The molecule has 0 aromatic carbocycles. The molecule has 0 unspecified atom stereocenters. The van der Waals surface area contributed by atoms with E-state index in [2.05, 4.69) is 28.2 Å². The van der Waals surface area contributed by atoms with Gasteiger partial charge >= 0.3 is 0 Å². The molecule has 0 fully saturated rings. The van der Waals surface area contributed by atoms with Gasteiger partial charge in [-0.15, -0.1) is 0 Å². The van der Waals surface area contributed by atoms with Gasteiger partial charge in [0, 0.05) is 0 Å². The maximum absolute atomic E-state index is 2.12. The highest BCUT2D eigenvalue weighted by atomic mass is 16.0. The molecule has 0 amide bonds. The highest BCUT2D eigenvalue weighted by Gasteiger charge is 1.88. The molecule has 0 aliphatic heterocycles. The highest BCUT2D eigenvalue weighted by Crippen LogP contribution is 1.73. The molecular weight excluding hydrogens is 174 g/mol. The molecule has 0 aliphatic carbocycles. The Balaban J connectivity index is -0.00000000381. The average Bonchev–Trinajstić information content (AvgIpc) is 0.722. The van der Waals surface area contributed by atoms with Crippen molar-refractivity contribution in [3.05, 3.63) is 0 Å².